The Kier molecular flexibility index (Phi) is 8.76. The van der Waals surface area contributed by atoms with E-state index in [4.69, 9.17) is 11.6 Å². The SMILES string of the molecule is CN=C(NCc1ncccc1C)NCC(C)(C)c1ccc(F)cc1Cl.I. The van der Waals surface area contributed by atoms with Gasteiger partial charge in [0.05, 0.1) is 12.2 Å². The van der Waals surface area contributed by atoms with Crippen LogP contribution in [0.1, 0.15) is 30.7 Å². The quantitative estimate of drug-likeness (QED) is 0.370. The molecule has 0 aliphatic rings. The molecule has 0 aliphatic heterocycles. The Balaban J connectivity index is 0.00000338. The average molecular weight is 491 g/mol. The number of aryl methyl sites for hydroxylation is 1. The van der Waals surface area contributed by atoms with Crippen molar-refractivity contribution in [1.82, 2.24) is 15.6 Å². The van der Waals surface area contributed by atoms with Crippen molar-refractivity contribution in [2.24, 2.45) is 4.99 Å². The Morgan fingerprint density at radius 3 is 2.62 bits per heavy atom. The molecule has 2 aromatic rings. The Morgan fingerprint density at radius 2 is 2.00 bits per heavy atom. The lowest BCUT2D eigenvalue weighted by Gasteiger charge is -2.27. The summed E-state index contributed by atoms with van der Waals surface area (Å²) in [5.74, 6) is 0.345. The number of nitrogens with one attached hydrogen (secondary N) is 2. The third kappa shape index (κ3) is 6.09. The van der Waals surface area contributed by atoms with Crippen LogP contribution in [0.25, 0.3) is 0 Å². The minimum Gasteiger partial charge on any atom is -0.356 e. The fraction of sp³-hybridized carbons (Fsp3) is 0.368. The highest BCUT2D eigenvalue weighted by Crippen LogP contribution is 2.29. The monoisotopic (exact) mass is 490 g/mol. The zero-order valence-corrected chi connectivity index (χ0v) is 18.5. The van der Waals surface area contributed by atoms with Crippen LogP contribution in [-0.2, 0) is 12.0 Å². The molecule has 7 heteroatoms. The van der Waals surface area contributed by atoms with Gasteiger partial charge in [0.25, 0.3) is 0 Å². The van der Waals surface area contributed by atoms with Crippen LogP contribution >= 0.6 is 35.6 Å². The van der Waals surface area contributed by atoms with Crippen molar-refractivity contribution in [2.45, 2.75) is 32.7 Å². The first-order valence-corrected chi connectivity index (χ1v) is 8.52. The van der Waals surface area contributed by atoms with Gasteiger partial charge in [-0.15, -0.1) is 24.0 Å². The molecule has 0 aliphatic carbocycles. The summed E-state index contributed by atoms with van der Waals surface area (Å²) < 4.78 is 13.3. The van der Waals surface area contributed by atoms with Crippen LogP contribution in [0, 0.1) is 12.7 Å². The molecule has 26 heavy (non-hydrogen) atoms. The van der Waals surface area contributed by atoms with Crippen molar-refractivity contribution in [3.8, 4) is 0 Å². The summed E-state index contributed by atoms with van der Waals surface area (Å²) in [6.45, 7) is 7.31. The molecule has 142 valence electrons. The molecular weight excluding hydrogens is 466 g/mol. The van der Waals surface area contributed by atoms with Crippen LogP contribution in [0.4, 0.5) is 4.39 Å². The lowest BCUT2D eigenvalue weighted by molar-refractivity contribution is 0.507. The second-order valence-electron chi connectivity index (χ2n) is 6.55. The first-order chi connectivity index (χ1) is 11.8. The zero-order chi connectivity index (χ0) is 18.4. The van der Waals surface area contributed by atoms with Crippen molar-refractivity contribution in [1.29, 1.82) is 0 Å². The van der Waals surface area contributed by atoms with Gasteiger partial charge in [-0.1, -0.05) is 37.6 Å². The highest BCUT2D eigenvalue weighted by Gasteiger charge is 2.24. The lowest BCUT2D eigenvalue weighted by atomic mass is 9.84. The van der Waals surface area contributed by atoms with E-state index in [1.165, 1.54) is 12.1 Å². The maximum atomic E-state index is 13.3. The predicted molar refractivity (Wildman–Crippen MR) is 117 cm³/mol. The summed E-state index contributed by atoms with van der Waals surface area (Å²) in [5.41, 5.74) is 2.71. The lowest BCUT2D eigenvalue weighted by Crippen LogP contribution is -2.43. The van der Waals surface area contributed by atoms with Gasteiger partial charge in [-0.3, -0.25) is 9.98 Å². The summed E-state index contributed by atoms with van der Waals surface area (Å²) in [4.78, 5) is 8.60. The molecule has 1 heterocycles. The molecule has 0 spiro atoms. The zero-order valence-electron chi connectivity index (χ0n) is 15.4. The number of hydrogen-bond acceptors (Lipinski definition) is 2. The van der Waals surface area contributed by atoms with Crippen LogP contribution in [0.3, 0.4) is 0 Å². The summed E-state index contributed by atoms with van der Waals surface area (Å²) in [6, 6.07) is 8.45. The first kappa shape index (κ1) is 22.6. The van der Waals surface area contributed by atoms with Crippen molar-refractivity contribution < 1.29 is 4.39 Å². The molecule has 0 bridgehead atoms. The summed E-state index contributed by atoms with van der Waals surface area (Å²) >= 11 is 6.20. The minimum atomic E-state index is -0.333. The number of hydrogen-bond donors (Lipinski definition) is 2. The van der Waals surface area contributed by atoms with Crippen LogP contribution in [0.2, 0.25) is 5.02 Å². The number of nitrogens with zero attached hydrogens (tertiary/aromatic N) is 2. The molecule has 0 saturated heterocycles. The van der Waals surface area contributed by atoms with E-state index in [0.717, 1.165) is 16.8 Å². The highest BCUT2D eigenvalue weighted by molar-refractivity contribution is 14.0. The molecular formula is C19H25ClFIN4. The van der Waals surface area contributed by atoms with Crippen LogP contribution < -0.4 is 10.6 Å². The van der Waals surface area contributed by atoms with Crippen LogP contribution in [0.15, 0.2) is 41.5 Å². The van der Waals surface area contributed by atoms with Crippen molar-refractivity contribution in [3.05, 3.63) is 64.2 Å². The molecule has 1 aromatic carbocycles. The normalized spacial score (nSPS) is 11.7. The number of aromatic nitrogens is 1. The Morgan fingerprint density at radius 1 is 1.27 bits per heavy atom. The van der Waals surface area contributed by atoms with E-state index in [1.54, 1.807) is 19.3 Å². The Bertz CT molecular complexity index is 765. The van der Waals surface area contributed by atoms with Gasteiger partial charge in [0.2, 0.25) is 0 Å². The molecule has 0 radical (unpaired) electrons. The van der Waals surface area contributed by atoms with E-state index in [9.17, 15) is 4.39 Å². The Labute approximate surface area is 176 Å². The van der Waals surface area contributed by atoms with E-state index in [-0.39, 0.29) is 35.2 Å². The van der Waals surface area contributed by atoms with E-state index in [2.05, 4.69) is 34.5 Å². The predicted octanol–water partition coefficient (Wildman–Crippen LogP) is 4.44. The number of guanidine groups is 1. The maximum absolute atomic E-state index is 13.3. The molecule has 0 unspecified atom stereocenters. The number of rotatable bonds is 5. The average Bonchev–Trinajstić information content (AvgIpc) is 2.56. The van der Waals surface area contributed by atoms with Gasteiger partial charge >= 0.3 is 0 Å². The second-order valence-corrected chi connectivity index (χ2v) is 6.96. The van der Waals surface area contributed by atoms with Gasteiger partial charge in [0.1, 0.15) is 5.82 Å². The smallest absolute Gasteiger partial charge is 0.191 e. The van der Waals surface area contributed by atoms with E-state index in [0.29, 0.717) is 24.1 Å². The summed E-state index contributed by atoms with van der Waals surface area (Å²) in [7, 11) is 1.72. The van der Waals surface area contributed by atoms with Crippen LogP contribution in [-0.4, -0.2) is 24.5 Å². The molecule has 0 atom stereocenters. The van der Waals surface area contributed by atoms with Gasteiger partial charge in [0, 0.05) is 30.2 Å². The van der Waals surface area contributed by atoms with Gasteiger partial charge in [-0.2, -0.15) is 0 Å². The minimum absolute atomic E-state index is 0. The summed E-state index contributed by atoms with van der Waals surface area (Å²) in [5, 5.41) is 6.99. The second kappa shape index (κ2) is 10.1. The van der Waals surface area contributed by atoms with Gasteiger partial charge in [-0.05, 0) is 36.2 Å². The van der Waals surface area contributed by atoms with Gasteiger partial charge in [-0.25, -0.2) is 4.39 Å². The molecule has 0 amide bonds. The summed E-state index contributed by atoms with van der Waals surface area (Å²) in [6.07, 6.45) is 1.78. The fourth-order valence-corrected chi connectivity index (χ4v) is 2.95. The van der Waals surface area contributed by atoms with Crippen molar-refractivity contribution in [2.75, 3.05) is 13.6 Å². The largest absolute Gasteiger partial charge is 0.356 e. The van der Waals surface area contributed by atoms with Gasteiger partial charge in [0.15, 0.2) is 5.96 Å². The van der Waals surface area contributed by atoms with Crippen molar-refractivity contribution >= 4 is 41.5 Å². The van der Waals surface area contributed by atoms with E-state index < -0.39 is 0 Å². The maximum Gasteiger partial charge on any atom is 0.191 e. The van der Waals surface area contributed by atoms with Crippen molar-refractivity contribution in [3.63, 3.8) is 0 Å². The molecule has 2 N–H and O–H groups in total. The Hall–Kier alpha value is -1.41. The molecule has 1 aromatic heterocycles. The third-order valence-corrected chi connectivity index (χ3v) is 4.44. The topological polar surface area (TPSA) is 49.3 Å². The molecule has 4 nitrogen and oxygen atoms in total. The number of benzene rings is 1. The van der Waals surface area contributed by atoms with E-state index >= 15 is 0 Å². The number of halogens is 3. The van der Waals surface area contributed by atoms with Crippen LogP contribution in [0.5, 0.6) is 0 Å². The highest BCUT2D eigenvalue weighted by atomic mass is 127. The van der Waals surface area contributed by atoms with E-state index in [1.807, 2.05) is 19.1 Å². The molecule has 0 saturated carbocycles. The fourth-order valence-electron chi connectivity index (χ4n) is 2.53. The standard InChI is InChI=1S/C19H24ClFN4.HI/c1-13-6-5-9-23-17(13)11-24-18(22-4)25-12-19(2,3)15-8-7-14(21)10-16(15)20;/h5-10H,11-12H2,1-4H3,(H2,22,24,25);1H. The molecule has 2 rings (SSSR count). The third-order valence-electron chi connectivity index (χ3n) is 4.12. The molecule has 0 fully saturated rings. The first-order valence-electron chi connectivity index (χ1n) is 8.14. The van der Waals surface area contributed by atoms with Gasteiger partial charge < -0.3 is 10.6 Å². The number of aliphatic imine (C=N–C) groups is 1. The number of pyridine rings is 1.